The fourth-order valence-corrected chi connectivity index (χ4v) is 1.88. The standard InChI is InChI=1S/C14H23FN4O/c1-5-7-16-13-12(15)11(6-8-17-13)14(20)18-10(2)9-19(3)4/h6,8,10H,5,7,9H2,1-4H3,(H,16,17)(H,18,20). The van der Waals surface area contributed by atoms with Gasteiger partial charge in [0.2, 0.25) is 0 Å². The molecule has 0 spiro atoms. The zero-order valence-electron chi connectivity index (χ0n) is 12.5. The van der Waals surface area contributed by atoms with Crippen LogP contribution in [0.2, 0.25) is 0 Å². The predicted octanol–water partition coefficient (Wildman–Crippen LogP) is 1.72. The van der Waals surface area contributed by atoms with E-state index in [1.165, 1.54) is 12.3 Å². The molecule has 1 aromatic heterocycles. The number of aromatic nitrogens is 1. The first kappa shape index (κ1) is 16.4. The molecule has 0 saturated carbocycles. The van der Waals surface area contributed by atoms with E-state index in [2.05, 4.69) is 15.6 Å². The Morgan fingerprint density at radius 3 is 2.80 bits per heavy atom. The van der Waals surface area contributed by atoms with Crippen LogP contribution in [-0.2, 0) is 0 Å². The molecule has 1 aromatic rings. The fourth-order valence-electron chi connectivity index (χ4n) is 1.88. The summed E-state index contributed by atoms with van der Waals surface area (Å²) < 4.78 is 14.2. The van der Waals surface area contributed by atoms with Crippen LogP contribution >= 0.6 is 0 Å². The molecule has 0 aliphatic rings. The number of pyridine rings is 1. The number of likely N-dealkylation sites (N-methyl/N-ethyl adjacent to an activating group) is 1. The first-order valence-corrected chi connectivity index (χ1v) is 6.79. The molecule has 0 aliphatic carbocycles. The average molecular weight is 282 g/mol. The van der Waals surface area contributed by atoms with Gasteiger partial charge >= 0.3 is 0 Å². The lowest BCUT2D eigenvalue weighted by Crippen LogP contribution is -2.39. The lowest BCUT2D eigenvalue weighted by molar-refractivity contribution is 0.0930. The number of carbonyl (C=O) groups excluding carboxylic acids is 1. The molecule has 20 heavy (non-hydrogen) atoms. The molecule has 1 heterocycles. The van der Waals surface area contributed by atoms with Gasteiger partial charge < -0.3 is 15.5 Å². The van der Waals surface area contributed by atoms with Crippen LogP contribution < -0.4 is 10.6 Å². The molecule has 0 saturated heterocycles. The highest BCUT2D eigenvalue weighted by molar-refractivity contribution is 5.95. The third-order valence-electron chi connectivity index (χ3n) is 2.69. The molecule has 1 unspecified atom stereocenters. The molecule has 5 nitrogen and oxygen atoms in total. The van der Waals surface area contributed by atoms with Gasteiger partial charge in [0.1, 0.15) is 0 Å². The summed E-state index contributed by atoms with van der Waals surface area (Å²) in [7, 11) is 3.84. The van der Waals surface area contributed by atoms with Crippen molar-refractivity contribution in [2.24, 2.45) is 0 Å². The molecule has 0 aromatic carbocycles. The number of rotatable bonds is 7. The molecule has 0 fully saturated rings. The van der Waals surface area contributed by atoms with Crippen molar-refractivity contribution in [2.45, 2.75) is 26.3 Å². The molecular weight excluding hydrogens is 259 g/mol. The van der Waals surface area contributed by atoms with Crippen molar-refractivity contribution >= 4 is 11.7 Å². The molecule has 0 bridgehead atoms. The van der Waals surface area contributed by atoms with E-state index in [-0.39, 0.29) is 17.4 Å². The topological polar surface area (TPSA) is 57.3 Å². The molecule has 2 N–H and O–H groups in total. The van der Waals surface area contributed by atoms with Gasteiger partial charge in [-0.05, 0) is 33.5 Å². The summed E-state index contributed by atoms with van der Waals surface area (Å²) in [6, 6.07) is 1.33. The SMILES string of the molecule is CCCNc1nccc(C(=O)NC(C)CN(C)C)c1F. The Morgan fingerprint density at radius 2 is 2.20 bits per heavy atom. The molecule has 0 aliphatic heterocycles. The van der Waals surface area contributed by atoms with E-state index in [0.717, 1.165) is 6.42 Å². The summed E-state index contributed by atoms with van der Waals surface area (Å²) in [6.45, 7) is 5.17. The minimum absolute atomic E-state index is 0.0178. The van der Waals surface area contributed by atoms with Crippen molar-refractivity contribution in [2.75, 3.05) is 32.5 Å². The second kappa shape index (κ2) is 7.79. The van der Waals surface area contributed by atoms with E-state index >= 15 is 0 Å². The van der Waals surface area contributed by atoms with Crippen LogP contribution in [0.4, 0.5) is 10.2 Å². The number of nitrogens with zero attached hydrogens (tertiary/aromatic N) is 2. The quantitative estimate of drug-likeness (QED) is 0.799. The van der Waals surface area contributed by atoms with Gasteiger partial charge in [0.25, 0.3) is 5.91 Å². The van der Waals surface area contributed by atoms with E-state index in [0.29, 0.717) is 13.1 Å². The molecule has 1 amide bonds. The summed E-state index contributed by atoms with van der Waals surface area (Å²) >= 11 is 0. The largest absolute Gasteiger partial charge is 0.368 e. The van der Waals surface area contributed by atoms with Gasteiger partial charge in [-0.2, -0.15) is 0 Å². The lowest BCUT2D eigenvalue weighted by atomic mass is 10.2. The van der Waals surface area contributed by atoms with E-state index in [1.54, 1.807) is 0 Å². The third-order valence-corrected chi connectivity index (χ3v) is 2.69. The van der Waals surface area contributed by atoms with Crippen molar-refractivity contribution in [1.29, 1.82) is 0 Å². The van der Waals surface area contributed by atoms with Crippen LogP contribution in [0.15, 0.2) is 12.3 Å². The zero-order chi connectivity index (χ0) is 15.1. The Bertz CT molecular complexity index is 451. The molecule has 112 valence electrons. The molecule has 1 rings (SSSR count). The van der Waals surface area contributed by atoms with E-state index in [1.807, 2.05) is 32.8 Å². The predicted molar refractivity (Wildman–Crippen MR) is 78.5 cm³/mol. The number of hydrogen-bond donors (Lipinski definition) is 2. The number of anilines is 1. The van der Waals surface area contributed by atoms with Crippen molar-refractivity contribution in [3.63, 3.8) is 0 Å². The lowest BCUT2D eigenvalue weighted by Gasteiger charge is -2.18. The van der Waals surface area contributed by atoms with Gasteiger partial charge in [-0.25, -0.2) is 9.37 Å². The maximum absolute atomic E-state index is 14.2. The Balaban J connectivity index is 2.77. The highest BCUT2D eigenvalue weighted by Gasteiger charge is 2.17. The first-order chi connectivity index (χ1) is 9.45. The van der Waals surface area contributed by atoms with Gasteiger partial charge in [0.15, 0.2) is 11.6 Å². The molecule has 6 heteroatoms. The summed E-state index contributed by atoms with van der Waals surface area (Å²) in [6.07, 6.45) is 2.30. The van der Waals surface area contributed by atoms with Crippen LogP contribution in [0.3, 0.4) is 0 Å². The van der Waals surface area contributed by atoms with Crippen LogP contribution in [0.5, 0.6) is 0 Å². The van der Waals surface area contributed by atoms with Crippen molar-refractivity contribution < 1.29 is 9.18 Å². The molecule has 0 radical (unpaired) electrons. The smallest absolute Gasteiger partial charge is 0.254 e. The number of carbonyl (C=O) groups is 1. The number of halogens is 1. The second-order valence-electron chi connectivity index (χ2n) is 5.08. The summed E-state index contributed by atoms with van der Waals surface area (Å²) in [5, 5.41) is 5.64. The van der Waals surface area contributed by atoms with E-state index < -0.39 is 11.7 Å². The maximum atomic E-state index is 14.2. The van der Waals surface area contributed by atoms with Gasteiger partial charge in [-0.3, -0.25) is 4.79 Å². The summed E-state index contributed by atoms with van der Waals surface area (Å²) in [5.74, 6) is -0.894. The third kappa shape index (κ3) is 4.77. The average Bonchev–Trinajstić information content (AvgIpc) is 2.36. The maximum Gasteiger partial charge on any atom is 0.254 e. The van der Waals surface area contributed by atoms with Gasteiger partial charge in [-0.1, -0.05) is 6.92 Å². The van der Waals surface area contributed by atoms with Crippen LogP contribution in [-0.4, -0.2) is 49.0 Å². The van der Waals surface area contributed by atoms with Crippen molar-refractivity contribution in [3.05, 3.63) is 23.6 Å². The monoisotopic (exact) mass is 282 g/mol. The molecule has 1 atom stereocenters. The van der Waals surface area contributed by atoms with Gasteiger partial charge in [0.05, 0.1) is 5.56 Å². The van der Waals surface area contributed by atoms with Crippen LogP contribution in [0.1, 0.15) is 30.6 Å². The number of hydrogen-bond acceptors (Lipinski definition) is 4. The number of amides is 1. The first-order valence-electron chi connectivity index (χ1n) is 6.79. The Labute approximate surface area is 119 Å². The van der Waals surface area contributed by atoms with Crippen LogP contribution in [0, 0.1) is 5.82 Å². The van der Waals surface area contributed by atoms with Crippen molar-refractivity contribution in [1.82, 2.24) is 15.2 Å². The van der Waals surface area contributed by atoms with Gasteiger partial charge in [0, 0.05) is 25.3 Å². The Hall–Kier alpha value is -1.69. The van der Waals surface area contributed by atoms with Crippen molar-refractivity contribution in [3.8, 4) is 0 Å². The zero-order valence-corrected chi connectivity index (χ0v) is 12.5. The molecular formula is C14H23FN4O. The fraction of sp³-hybridized carbons (Fsp3) is 0.571. The highest BCUT2D eigenvalue weighted by atomic mass is 19.1. The van der Waals surface area contributed by atoms with Gasteiger partial charge in [-0.15, -0.1) is 0 Å². The minimum Gasteiger partial charge on any atom is -0.368 e. The van der Waals surface area contributed by atoms with E-state index in [4.69, 9.17) is 0 Å². The summed E-state index contributed by atoms with van der Waals surface area (Å²) in [4.78, 5) is 17.9. The Morgan fingerprint density at radius 1 is 1.50 bits per heavy atom. The van der Waals surface area contributed by atoms with E-state index in [9.17, 15) is 9.18 Å². The normalized spacial score (nSPS) is 12.3. The minimum atomic E-state index is -0.601. The second-order valence-corrected chi connectivity index (χ2v) is 5.08. The number of nitrogens with one attached hydrogen (secondary N) is 2. The van der Waals surface area contributed by atoms with Crippen LogP contribution in [0.25, 0.3) is 0 Å². The Kier molecular flexibility index (Phi) is 6.38. The summed E-state index contributed by atoms with van der Waals surface area (Å²) in [5.41, 5.74) is 0.0178. The highest BCUT2D eigenvalue weighted by Crippen LogP contribution is 2.15.